The highest BCUT2D eigenvalue weighted by Gasteiger charge is 2.25. The summed E-state index contributed by atoms with van der Waals surface area (Å²) in [5.74, 6) is 2.23. The second-order valence-corrected chi connectivity index (χ2v) is 7.35. The molecule has 1 aromatic carbocycles. The van der Waals surface area contributed by atoms with Gasteiger partial charge >= 0.3 is 0 Å². The number of carbonyl (C=O) groups excluding carboxylic acids is 1. The first-order valence-corrected chi connectivity index (χ1v) is 10.0. The maximum Gasteiger partial charge on any atom is 0.246 e. The molecule has 156 valence electrons. The normalized spacial score (nSPS) is 17.1. The minimum Gasteiger partial charge on any atom is -0.493 e. The summed E-state index contributed by atoms with van der Waals surface area (Å²) in [5.41, 5.74) is 1.21. The van der Waals surface area contributed by atoms with Crippen LogP contribution >= 0.6 is 0 Å². The van der Waals surface area contributed by atoms with E-state index in [9.17, 15) is 4.79 Å². The van der Waals surface area contributed by atoms with Crippen LogP contribution in [-0.4, -0.2) is 62.7 Å². The van der Waals surface area contributed by atoms with Crippen LogP contribution in [0.15, 0.2) is 47.1 Å². The van der Waals surface area contributed by atoms with Crippen molar-refractivity contribution in [3.05, 3.63) is 54.0 Å². The van der Waals surface area contributed by atoms with Crippen molar-refractivity contribution in [3.63, 3.8) is 0 Å². The molecule has 6 heteroatoms. The number of likely N-dealkylation sites (N-methyl/N-ethyl adjacent to an activating group) is 1. The highest BCUT2D eigenvalue weighted by molar-refractivity contribution is 5.91. The van der Waals surface area contributed by atoms with Crippen molar-refractivity contribution < 1.29 is 18.7 Å². The van der Waals surface area contributed by atoms with Crippen LogP contribution in [0.1, 0.15) is 24.2 Å². The number of hydrogen-bond donors (Lipinski definition) is 0. The second-order valence-electron chi connectivity index (χ2n) is 7.35. The smallest absolute Gasteiger partial charge is 0.246 e. The number of carbonyl (C=O) groups is 1. The number of piperidine rings is 1. The van der Waals surface area contributed by atoms with Gasteiger partial charge in [0.25, 0.3) is 0 Å². The topological polar surface area (TPSA) is 55.2 Å². The highest BCUT2D eigenvalue weighted by atomic mass is 16.5. The highest BCUT2D eigenvalue weighted by Crippen LogP contribution is 2.28. The van der Waals surface area contributed by atoms with Gasteiger partial charge in [-0.1, -0.05) is 6.07 Å². The lowest BCUT2D eigenvalue weighted by atomic mass is 10.0. The van der Waals surface area contributed by atoms with E-state index >= 15 is 0 Å². The summed E-state index contributed by atoms with van der Waals surface area (Å²) in [4.78, 5) is 16.8. The Morgan fingerprint density at radius 2 is 2.10 bits per heavy atom. The molecule has 2 heterocycles. The Hall–Kier alpha value is -2.73. The van der Waals surface area contributed by atoms with Crippen LogP contribution in [0.25, 0.3) is 6.08 Å². The lowest BCUT2D eigenvalue weighted by molar-refractivity contribution is -0.127. The van der Waals surface area contributed by atoms with Gasteiger partial charge in [0.2, 0.25) is 5.91 Å². The molecule has 0 saturated carbocycles. The molecule has 0 radical (unpaired) electrons. The fourth-order valence-electron chi connectivity index (χ4n) is 3.68. The monoisotopic (exact) mass is 398 g/mol. The maximum absolute atomic E-state index is 12.5. The molecule has 1 aromatic heterocycles. The lowest BCUT2D eigenvalue weighted by Gasteiger charge is -2.37. The zero-order chi connectivity index (χ0) is 20.6. The van der Waals surface area contributed by atoms with E-state index in [0.29, 0.717) is 11.8 Å². The Balaban J connectivity index is 1.52. The van der Waals surface area contributed by atoms with Gasteiger partial charge in [-0.25, -0.2) is 0 Å². The van der Waals surface area contributed by atoms with Gasteiger partial charge in [-0.2, -0.15) is 0 Å². The molecule has 6 nitrogen and oxygen atoms in total. The molecule has 1 aliphatic rings. The Kier molecular flexibility index (Phi) is 7.36. The molecule has 0 spiro atoms. The Bertz CT molecular complexity index is 816. The molecular formula is C23H30N2O4. The van der Waals surface area contributed by atoms with Gasteiger partial charge in [0, 0.05) is 31.8 Å². The van der Waals surface area contributed by atoms with Gasteiger partial charge < -0.3 is 23.7 Å². The molecule has 1 amide bonds. The average Bonchev–Trinajstić information content (AvgIpc) is 3.29. The van der Waals surface area contributed by atoms with E-state index < -0.39 is 0 Å². The zero-order valence-corrected chi connectivity index (χ0v) is 17.5. The molecule has 2 aromatic rings. The number of furan rings is 1. The number of methoxy groups -OCH3 is 2. The Labute approximate surface area is 172 Å². The van der Waals surface area contributed by atoms with Crippen molar-refractivity contribution in [1.82, 2.24) is 9.80 Å². The van der Waals surface area contributed by atoms with Crippen LogP contribution in [-0.2, 0) is 11.2 Å². The molecule has 1 saturated heterocycles. The molecule has 1 fully saturated rings. The quantitative estimate of drug-likeness (QED) is 0.638. The summed E-state index contributed by atoms with van der Waals surface area (Å²) < 4.78 is 16.0. The van der Waals surface area contributed by atoms with Crippen molar-refractivity contribution in [2.24, 2.45) is 0 Å². The molecule has 0 bridgehead atoms. The number of ether oxygens (including phenoxy) is 2. The minimum absolute atomic E-state index is 0.0411. The number of amides is 1. The molecule has 3 rings (SSSR count). The number of hydrogen-bond acceptors (Lipinski definition) is 5. The van der Waals surface area contributed by atoms with Crippen LogP contribution in [0.4, 0.5) is 0 Å². The predicted molar refractivity (Wildman–Crippen MR) is 113 cm³/mol. The van der Waals surface area contributed by atoms with E-state index in [4.69, 9.17) is 13.9 Å². The molecule has 1 aliphatic heterocycles. The Morgan fingerprint density at radius 3 is 2.83 bits per heavy atom. The van der Waals surface area contributed by atoms with Crippen molar-refractivity contribution in [2.45, 2.75) is 25.3 Å². The first kappa shape index (κ1) is 21.0. The lowest BCUT2D eigenvalue weighted by Crippen LogP contribution is -2.48. The standard InChI is InChI=1S/C23H30N2O4/c1-24(14-12-18-8-10-21(27-2)22(16-18)28-3)19-6-4-13-25(17-19)23(26)11-9-20-7-5-15-29-20/h5,7-11,15-16,19H,4,6,12-14,17H2,1-3H3/b11-9+. The largest absolute Gasteiger partial charge is 0.493 e. The Morgan fingerprint density at radius 1 is 1.28 bits per heavy atom. The van der Waals surface area contributed by atoms with Gasteiger partial charge in [0.15, 0.2) is 11.5 Å². The molecule has 29 heavy (non-hydrogen) atoms. The van der Waals surface area contributed by atoms with Gasteiger partial charge in [-0.3, -0.25) is 4.79 Å². The van der Waals surface area contributed by atoms with E-state index in [1.54, 1.807) is 32.6 Å². The number of nitrogens with zero attached hydrogens (tertiary/aromatic N) is 2. The van der Waals surface area contributed by atoms with Crippen molar-refractivity contribution in [3.8, 4) is 11.5 Å². The molecule has 1 unspecified atom stereocenters. The van der Waals surface area contributed by atoms with E-state index in [0.717, 1.165) is 50.4 Å². The first-order chi connectivity index (χ1) is 14.1. The fraction of sp³-hybridized carbons (Fsp3) is 0.435. The second kappa shape index (κ2) is 10.2. The summed E-state index contributed by atoms with van der Waals surface area (Å²) in [6.45, 7) is 2.48. The van der Waals surface area contributed by atoms with Crippen molar-refractivity contribution in [2.75, 3.05) is 40.9 Å². The van der Waals surface area contributed by atoms with Gasteiger partial charge in [0.1, 0.15) is 5.76 Å². The third-order valence-corrected chi connectivity index (χ3v) is 5.47. The molecule has 0 aliphatic carbocycles. The summed E-state index contributed by atoms with van der Waals surface area (Å²) in [6.07, 6.45) is 7.98. The van der Waals surface area contributed by atoms with Gasteiger partial charge in [0.05, 0.1) is 20.5 Å². The summed E-state index contributed by atoms with van der Waals surface area (Å²) >= 11 is 0. The van der Waals surface area contributed by atoms with E-state index in [2.05, 4.69) is 18.0 Å². The molecule has 1 atom stereocenters. The van der Waals surface area contributed by atoms with Crippen LogP contribution in [0, 0.1) is 0 Å². The van der Waals surface area contributed by atoms with Crippen LogP contribution in [0.3, 0.4) is 0 Å². The minimum atomic E-state index is 0.0411. The molecular weight excluding hydrogens is 368 g/mol. The van der Waals surface area contributed by atoms with Crippen LogP contribution < -0.4 is 9.47 Å². The number of benzene rings is 1. The SMILES string of the molecule is COc1ccc(CCN(C)C2CCCN(C(=O)/C=C/c3ccco3)C2)cc1OC. The van der Waals surface area contributed by atoms with Gasteiger partial charge in [-0.05, 0) is 62.2 Å². The summed E-state index contributed by atoms with van der Waals surface area (Å²) in [6, 6.07) is 10.1. The third kappa shape index (κ3) is 5.64. The fourth-order valence-corrected chi connectivity index (χ4v) is 3.68. The number of likely N-dealkylation sites (tertiary alicyclic amines) is 1. The molecule has 0 N–H and O–H groups in total. The van der Waals surface area contributed by atoms with E-state index in [1.165, 1.54) is 5.56 Å². The third-order valence-electron chi connectivity index (χ3n) is 5.47. The number of rotatable bonds is 8. The predicted octanol–water partition coefficient (Wildman–Crippen LogP) is 3.48. The van der Waals surface area contributed by atoms with Crippen LogP contribution in [0.2, 0.25) is 0 Å². The summed E-state index contributed by atoms with van der Waals surface area (Å²) in [5, 5.41) is 0. The first-order valence-electron chi connectivity index (χ1n) is 10.0. The average molecular weight is 399 g/mol. The summed E-state index contributed by atoms with van der Waals surface area (Å²) in [7, 11) is 5.44. The van der Waals surface area contributed by atoms with E-state index in [1.807, 2.05) is 29.2 Å². The van der Waals surface area contributed by atoms with Crippen molar-refractivity contribution >= 4 is 12.0 Å². The van der Waals surface area contributed by atoms with E-state index in [-0.39, 0.29) is 5.91 Å². The van der Waals surface area contributed by atoms with Gasteiger partial charge in [-0.15, -0.1) is 0 Å². The van der Waals surface area contributed by atoms with Crippen molar-refractivity contribution in [1.29, 1.82) is 0 Å². The zero-order valence-electron chi connectivity index (χ0n) is 17.5. The maximum atomic E-state index is 12.5. The van der Waals surface area contributed by atoms with Crippen LogP contribution in [0.5, 0.6) is 11.5 Å².